The molecule has 5 rings (SSSR count). The zero-order valence-corrected chi connectivity index (χ0v) is 28.5. The van der Waals surface area contributed by atoms with Gasteiger partial charge in [-0.05, 0) is 56.3 Å². The first-order chi connectivity index (χ1) is 24.6. The predicted octanol–water partition coefficient (Wildman–Crippen LogP) is 4.09. The number of carboxylic acids is 3. The van der Waals surface area contributed by atoms with Gasteiger partial charge in [-0.3, -0.25) is 24.0 Å². The Bertz CT molecular complexity index is 2180. The smallest absolute Gasteiger partial charge is 0.328 e. The highest BCUT2D eigenvalue weighted by molar-refractivity contribution is 6.04. The molecular formula is C36H36N6O10. The number of pyridine rings is 2. The van der Waals surface area contributed by atoms with Crippen LogP contribution in [0.2, 0.25) is 0 Å². The number of nitrogens with zero attached hydrogens (tertiary/aromatic N) is 4. The van der Waals surface area contributed by atoms with E-state index in [2.05, 4.69) is 15.3 Å². The lowest BCUT2D eigenvalue weighted by Crippen LogP contribution is -2.52. The van der Waals surface area contributed by atoms with E-state index in [1.807, 2.05) is 18.2 Å². The Balaban J connectivity index is 0.000000677. The number of amides is 1. The molecule has 0 radical (unpaired) electrons. The quantitative estimate of drug-likeness (QED) is 0.115. The van der Waals surface area contributed by atoms with E-state index in [4.69, 9.17) is 25.4 Å². The zero-order valence-electron chi connectivity index (χ0n) is 28.5. The average molecular weight is 713 g/mol. The second-order valence-electron chi connectivity index (χ2n) is 11.6. The minimum Gasteiger partial charge on any atom is -0.497 e. The number of para-hydroxylation sites is 1. The summed E-state index contributed by atoms with van der Waals surface area (Å²) >= 11 is 0. The Hall–Kier alpha value is -6.81. The van der Waals surface area contributed by atoms with Gasteiger partial charge in [0.25, 0.3) is 11.5 Å². The second kappa shape index (κ2) is 16.3. The van der Waals surface area contributed by atoms with E-state index >= 15 is 0 Å². The topological polar surface area (TPSA) is 238 Å². The van der Waals surface area contributed by atoms with Crippen molar-refractivity contribution in [3.05, 3.63) is 113 Å². The number of fused-ring (bicyclic) bond motifs is 1. The molecular weight excluding hydrogens is 676 g/mol. The van der Waals surface area contributed by atoms with Crippen molar-refractivity contribution >= 4 is 40.5 Å². The fourth-order valence-corrected chi connectivity index (χ4v) is 4.90. The standard InChI is InChI=1S/C32H32N6O6.C4H4O4/c1-19(32(3,33)31(41)42)18-37-20(2)28(30(40)38(37)21-8-6-5-7-9-21)29(39)36-27-13-11-23(17-35-27)44-26-14-15-34-25-16-22(43-4)10-12-24(25)26;5-3(6)1-2-4(7)8/h5-17,19H,18,33H2,1-4H3,(H,41,42)(H,35,36,39);1-2H,(H,5,6)(H,7,8)/b;2-1+/t19-,32+;/m1./s1. The number of carbonyl (C=O) groups excluding carboxylic acids is 1. The van der Waals surface area contributed by atoms with E-state index in [9.17, 15) is 29.1 Å². The molecule has 0 aliphatic carbocycles. The normalized spacial score (nSPS) is 12.6. The van der Waals surface area contributed by atoms with Crippen molar-refractivity contribution in [2.24, 2.45) is 11.7 Å². The van der Waals surface area contributed by atoms with Gasteiger partial charge in [-0.15, -0.1) is 0 Å². The van der Waals surface area contributed by atoms with E-state index in [1.165, 1.54) is 17.8 Å². The first-order valence-corrected chi connectivity index (χ1v) is 15.6. The molecule has 3 heterocycles. The number of nitrogens with two attached hydrogens (primary N) is 1. The lowest BCUT2D eigenvalue weighted by molar-refractivity contribution is -0.144. The van der Waals surface area contributed by atoms with Crippen molar-refractivity contribution in [2.75, 3.05) is 12.4 Å². The summed E-state index contributed by atoms with van der Waals surface area (Å²) in [6, 6.07) is 19.2. The number of aliphatic carboxylic acids is 3. The Kier molecular flexibility index (Phi) is 11.9. The monoisotopic (exact) mass is 712 g/mol. The number of anilines is 1. The number of aromatic nitrogens is 4. The molecule has 0 unspecified atom stereocenters. The van der Waals surface area contributed by atoms with Crippen molar-refractivity contribution in [3.8, 4) is 22.9 Å². The molecule has 5 aromatic rings. The van der Waals surface area contributed by atoms with Crippen LogP contribution in [0, 0.1) is 12.8 Å². The lowest BCUT2D eigenvalue weighted by atomic mass is 9.88. The van der Waals surface area contributed by atoms with Gasteiger partial charge in [-0.25, -0.2) is 19.3 Å². The van der Waals surface area contributed by atoms with Gasteiger partial charge in [-0.1, -0.05) is 25.1 Å². The maximum atomic E-state index is 13.7. The number of carbonyl (C=O) groups is 4. The third-order valence-electron chi connectivity index (χ3n) is 8.04. The van der Waals surface area contributed by atoms with E-state index < -0.39 is 40.8 Å². The molecule has 0 saturated heterocycles. The van der Waals surface area contributed by atoms with Gasteiger partial charge in [0, 0.05) is 42.3 Å². The molecule has 270 valence electrons. The fourth-order valence-electron chi connectivity index (χ4n) is 4.90. The number of rotatable bonds is 12. The van der Waals surface area contributed by atoms with Crippen LogP contribution in [0.5, 0.6) is 17.2 Å². The summed E-state index contributed by atoms with van der Waals surface area (Å²) in [5.41, 5.74) is 5.43. The Morgan fingerprint density at radius 2 is 1.62 bits per heavy atom. The second-order valence-corrected chi connectivity index (χ2v) is 11.6. The third-order valence-corrected chi connectivity index (χ3v) is 8.04. The van der Waals surface area contributed by atoms with Crippen LogP contribution in [0.15, 0.2) is 96.1 Å². The maximum absolute atomic E-state index is 13.7. The fraction of sp³-hybridized carbons (Fsp3) is 0.194. The Labute approximate surface area is 296 Å². The molecule has 52 heavy (non-hydrogen) atoms. The van der Waals surface area contributed by atoms with Crippen molar-refractivity contribution < 1.29 is 44.0 Å². The van der Waals surface area contributed by atoms with Crippen LogP contribution in [0.3, 0.4) is 0 Å². The highest BCUT2D eigenvalue weighted by Gasteiger charge is 2.36. The molecule has 0 aliphatic rings. The van der Waals surface area contributed by atoms with Crippen LogP contribution in [0.4, 0.5) is 5.82 Å². The molecule has 0 saturated carbocycles. The van der Waals surface area contributed by atoms with Crippen LogP contribution in [0.25, 0.3) is 16.6 Å². The van der Waals surface area contributed by atoms with Gasteiger partial charge in [0.15, 0.2) is 0 Å². The van der Waals surface area contributed by atoms with Gasteiger partial charge in [0.1, 0.15) is 34.2 Å². The van der Waals surface area contributed by atoms with Crippen LogP contribution in [-0.2, 0) is 20.9 Å². The van der Waals surface area contributed by atoms with Crippen LogP contribution < -0.4 is 26.1 Å². The molecule has 0 bridgehead atoms. The van der Waals surface area contributed by atoms with Crippen LogP contribution in [0.1, 0.15) is 29.9 Å². The van der Waals surface area contributed by atoms with E-state index in [-0.39, 0.29) is 17.9 Å². The van der Waals surface area contributed by atoms with E-state index in [0.717, 1.165) is 5.39 Å². The number of ether oxygens (including phenoxy) is 2. The van der Waals surface area contributed by atoms with E-state index in [1.54, 1.807) is 80.4 Å². The van der Waals surface area contributed by atoms with Crippen molar-refractivity contribution in [2.45, 2.75) is 32.9 Å². The molecule has 0 spiro atoms. The molecule has 16 heteroatoms. The van der Waals surface area contributed by atoms with Gasteiger partial charge in [0.05, 0.1) is 30.2 Å². The summed E-state index contributed by atoms with van der Waals surface area (Å²) in [4.78, 5) is 66.7. The Morgan fingerprint density at radius 3 is 2.19 bits per heavy atom. The number of hydrogen-bond acceptors (Lipinski definition) is 10. The molecule has 0 fully saturated rings. The molecule has 6 N–H and O–H groups in total. The van der Waals surface area contributed by atoms with E-state index in [0.29, 0.717) is 46.3 Å². The van der Waals surface area contributed by atoms with Crippen molar-refractivity contribution in [1.29, 1.82) is 0 Å². The maximum Gasteiger partial charge on any atom is 0.328 e. The number of hydrogen-bond donors (Lipinski definition) is 5. The van der Waals surface area contributed by atoms with Gasteiger partial charge in [-0.2, -0.15) is 0 Å². The minimum atomic E-state index is -1.57. The summed E-state index contributed by atoms with van der Waals surface area (Å²) in [5, 5.41) is 28.7. The first-order valence-electron chi connectivity index (χ1n) is 15.6. The summed E-state index contributed by atoms with van der Waals surface area (Å²) in [6.07, 6.45) is 4.21. The summed E-state index contributed by atoms with van der Waals surface area (Å²) in [6.45, 7) is 4.82. The van der Waals surface area contributed by atoms with Gasteiger partial charge in [0.2, 0.25) is 0 Å². The van der Waals surface area contributed by atoms with Crippen molar-refractivity contribution in [1.82, 2.24) is 19.3 Å². The van der Waals surface area contributed by atoms with Crippen molar-refractivity contribution in [3.63, 3.8) is 0 Å². The number of methoxy groups -OCH3 is 1. The minimum absolute atomic E-state index is 0.0727. The largest absolute Gasteiger partial charge is 0.497 e. The molecule has 1 amide bonds. The summed E-state index contributed by atoms with van der Waals surface area (Å²) in [5.74, 6) is -3.05. The highest BCUT2D eigenvalue weighted by atomic mass is 16.5. The van der Waals surface area contributed by atoms with Gasteiger partial charge >= 0.3 is 17.9 Å². The Morgan fingerprint density at radius 1 is 0.962 bits per heavy atom. The lowest BCUT2D eigenvalue weighted by Gasteiger charge is -2.28. The predicted molar refractivity (Wildman–Crippen MR) is 189 cm³/mol. The number of carboxylic acid groups (broad SMARTS) is 3. The summed E-state index contributed by atoms with van der Waals surface area (Å²) in [7, 11) is 1.59. The number of nitrogens with one attached hydrogen (secondary N) is 1. The SMILES string of the molecule is COc1ccc2c(Oc3ccc(NC(=O)c4c(C)n(C[C@@H](C)[C@](C)(N)C(=O)O)n(-c5ccccc5)c4=O)nc3)ccnc2c1.O=C(O)/C=C/C(=O)O. The molecule has 0 aliphatic heterocycles. The molecule has 3 aromatic heterocycles. The molecule has 2 aromatic carbocycles. The molecule has 16 nitrogen and oxygen atoms in total. The average Bonchev–Trinajstić information content (AvgIpc) is 3.36. The van der Waals surface area contributed by atoms with Crippen LogP contribution >= 0.6 is 0 Å². The number of benzene rings is 2. The first kappa shape index (κ1) is 38.0. The highest BCUT2D eigenvalue weighted by Crippen LogP contribution is 2.31. The summed E-state index contributed by atoms with van der Waals surface area (Å²) < 4.78 is 14.2. The van der Waals surface area contributed by atoms with Gasteiger partial charge < -0.3 is 35.8 Å². The van der Waals surface area contributed by atoms with Crippen LogP contribution in [-0.4, -0.2) is 71.1 Å². The third kappa shape index (κ3) is 8.85. The zero-order chi connectivity index (χ0) is 38.2. The molecule has 2 atom stereocenters.